The van der Waals surface area contributed by atoms with Gasteiger partial charge in [-0.15, -0.1) is 0 Å². The second-order valence-electron chi connectivity index (χ2n) is 5.29. The number of nitrogens with one attached hydrogen (secondary N) is 2. The lowest BCUT2D eigenvalue weighted by molar-refractivity contribution is -0.142. The third-order valence-corrected chi connectivity index (χ3v) is 3.43. The van der Waals surface area contributed by atoms with Crippen molar-refractivity contribution in [3.63, 3.8) is 0 Å². The summed E-state index contributed by atoms with van der Waals surface area (Å²) in [5.74, 6) is 0.660. The topological polar surface area (TPSA) is 77.5 Å². The molecule has 0 spiro atoms. The Hall–Kier alpha value is -1.66. The Labute approximate surface area is 112 Å². The molecule has 0 bridgehead atoms. The van der Waals surface area contributed by atoms with Crippen LogP contribution in [-0.2, 0) is 4.79 Å². The quantitative estimate of drug-likeness (QED) is 0.664. The molecule has 19 heavy (non-hydrogen) atoms. The summed E-state index contributed by atoms with van der Waals surface area (Å²) < 4.78 is 0. The van der Waals surface area contributed by atoms with Gasteiger partial charge in [-0.25, -0.2) is 4.98 Å². The first-order chi connectivity index (χ1) is 8.99. The van der Waals surface area contributed by atoms with Gasteiger partial charge in [0.05, 0.1) is 12.1 Å². The minimum absolute atomic E-state index is 0.142. The first-order valence-electron chi connectivity index (χ1n) is 6.40. The summed E-state index contributed by atoms with van der Waals surface area (Å²) in [5, 5.41) is 10.1. The first-order valence-corrected chi connectivity index (χ1v) is 6.40. The highest BCUT2D eigenvalue weighted by molar-refractivity contribution is 5.79. The molecule has 0 atom stereocenters. The smallest absolute Gasteiger partial charge is 0.252 e. The van der Waals surface area contributed by atoms with Crippen molar-refractivity contribution >= 4 is 11.7 Å². The van der Waals surface area contributed by atoms with Crippen LogP contribution in [0.2, 0.25) is 0 Å². The second-order valence-corrected chi connectivity index (χ2v) is 5.29. The van der Waals surface area contributed by atoms with Crippen LogP contribution in [0.1, 0.15) is 13.8 Å². The van der Waals surface area contributed by atoms with Crippen molar-refractivity contribution in [2.75, 3.05) is 25.1 Å². The maximum absolute atomic E-state index is 11.7. The normalized spacial score (nSPS) is 17.9. The summed E-state index contributed by atoms with van der Waals surface area (Å²) in [6, 6.07) is 5.40. The van der Waals surface area contributed by atoms with Crippen molar-refractivity contribution in [1.82, 2.24) is 15.3 Å². The van der Waals surface area contributed by atoms with Crippen molar-refractivity contribution in [3.05, 3.63) is 24.4 Å². The number of hydrogen-bond donors (Lipinski definition) is 3. The van der Waals surface area contributed by atoms with Crippen LogP contribution in [0.15, 0.2) is 24.4 Å². The number of hydrazine groups is 1. The molecule has 1 aromatic rings. The molecule has 2 heterocycles. The number of likely N-dealkylation sites (tertiary alicyclic amines) is 1. The highest BCUT2D eigenvalue weighted by Crippen LogP contribution is 2.27. The van der Waals surface area contributed by atoms with Crippen molar-refractivity contribution < 1.29 is 9.90 Å². The molecule has 0 aromatic carbocycles. The van der Waals surface area contributed by atoms with E-state index in [1.54, 1.807) is 18.3 Å². The van der Waals surface area contributed by atoms with E-state index < -0.39 is 5.60 Å². The van der Waals surface area contributed by atoms with E-state index in [9.17, 15) is 9.90 Å². The zero-order valence-electron chi connectivity index (χ0n) is 11.3. The molecule has 0 unspecified atom stereocenters. The van der Waals surface area contributed by atoms with Crippen LogP contribution < -0.4 is 10.9 Å². The van der Waals surface area contributed by atoms with Gasteiger partial charge in [0.15, 0.2) is 0 Å². The van der Waals surface area contributed by atoms with E-state index >= 15 is 0 Å². The van der Waals surface area contributed by atoms with E-state index in [-0.39, 0.29) is 18.4 Å². The number of hydrogen-bond acceptors (Lipinski definition) is 5. The largest absolute Gasteiger partial charge is 0.387 e. The van der Waals surface area contributed by atoms with E-state index in [0.717, 1.165) is 0 Å². The van der Waals surface area contributed by atoms with Gasteiger partial charge in [0.1, 0.15) is 5.82 Å². The predicted molar refractivity (Wildman–Crippen MR) is 72.2 cm³/mol. The van der Waals surface area contributed by atoms with Crippen molar-refractivity contribution in [1.29, 1.82) is 0 Å². The minimum Gasteiger partial charge on any atom is -0.387 e. The van der Waals surface area contributed by atoms with Gasteiger partial charge in [-0.05, 0) is 18.1 Å². The Balaban J connectivity index is 1.69. The highest BCUT2D eigenvalue weighted by Gasteiger charge is 2.43. The van der Waals surface area contributed by atoms with Crippen LogP contribution >= 0.6 is 0 Å². The van der Waals surface area contributed by atoms with Crippen LogP contribution in [0.25, 0.3) is 0 Å². The van der Waals surface area contributed by atoms with Crippen molar-refractivity contribution in [2.24, 2.45) is 5.92 Å². The van der Waals surface area contributed by atoms with Gasteiger partial charge in [0, 0.05) is 19.3 Å². The molecule has 1 saturated heterocycles. The van der Waals surface area contributed by atoms with E-state index in [1.807, 2.05) is 24.8 Å². The van der Waals surface area contributed by atoms with Gasteiger partial charge in [0.2, 0.25) is 0 Å². The molecule has 0 saturated carbocycles. The third-order valence-electron chi connectivity index (χ3n) is 3.43. The van der Waals surface area contributed by atoms with Crippen molar-refractivity contribution in [2.45, 2.75) is 19.4 Å². The standard InChI is InChI=1S/C13H20N4O2/c1-10(2)13(19)8-17(9-13)7-12(18)16-15-11-5-3-4-6-14-11/h3-6,10,19H,7-9H2,1-2H3,(H,14,15)(H,16,18). The third kappa shape index (κ3) is 3.42. The Morgan fingerprint density at radius 2 is 2.26 bits per heavy atom. The maximum Gasteiger partial charge on any atom is 0.252 e. The Bertz CT molecular complexity index is 430. The molecule has 6 heteroatoms. The number of pyridine rings is 1. The fourth-order valence-corrected chi connectivity index (χ4v) is 2.02. The van der Waals surface area contributed by atoms with Gasteiger partial charge in [-0.3, -0.25) is 20.5 Å². The zero-order valence-corrected chi connectivity index (χ0v) is 11.3. The highest BCUT2D eigenvalue weighted by atomic mass is 16.3. The molecule has 0 aliphatic carbocycles. The van der Waals surface area contributed by atoms with Gasteiger partial charge >= 0.3 is 0 Å². The summed E-state index contributed by atoms with van der Waals surface area (Å²) >= 11 is 0. The van der Waals surface area contributed by atoms with E-state index in [4.69, 9.17) is 0 Å². The van der Waals surface area contributed by atoms with Crippen LogP contribution in [0.3, 0.4) is 0 Å². The van der Waals surface area contributed by atoms with Gasteiger partial charge in [-0.1, -0.05) is 19.9 Å². The molecule has 1 aliphatic rings. The fraction of sp³-hybridized carbons (Fsp3) is 0.538. The van der Waals surface area contributed by atoms with Gasteiger partial charge < -0.3 is 5.11 Å². The second kappa shape index (κ2) is 5.54. The molecule has 6 nitrogen and oxygen atoms in total. The van der Waals surface area contributed by atoms with E-state index in [2.05, 4.69) is 15.8 Å². The summed E-state index contributed by atoms with van der Waals surface area (Å²) in [7, 11) is 0. The number of aromatic nitrogens is 1. The first kappa shape index (κ1) is 13.8. The summed E-state index contributed by atoms with van der Waals surface area (Å²) in [4.78, 5) is 17.6. The molecular formula is C13H20N4O2. The van der Waals surface area contributed by atoms with Crippen LogP contribution in [0.5, 0.6) is 0 Å². The Morgan fingerprint density at radius 1 is 1.53 bits per heavy atom. The molecule has 1 fully saturated rings. The molecule has 1 amide bonds. The lowest BCUT2D eigenvalue weighted by atomic mass is 9.83. The summed E-state index contributed by atoms with van der Waals surface area (Å²) in [5.41, 5.74) is 4.68. The number of β-amino-alcohol motifs (C(OH)–C–C–N with tert-alkyl or cyclic N) is 1. The lowest BCUT2D eigenvalue weighted by Gasteiger charge is -2.48. The summed E-state index contributed by atoms with van der Waals surface area (Å²) in [6.07, 6.45) is 1.65. The molecule has 1 aromatic heterocycles. The average molecular weight is 264 g/mol. The molecule has 0 radical (unpaired) electrons. The average Bonchev–Trinajstić information content (AvgIpc) is 2.35. The van der Waals surface area contributed by atoms with E-state index in [1.165, 1.54) is 0 Å². The molecule has 3 N–H and O–H groups in total. The fourth-order valence-electron chi connectivity index (χ4n) is 2.02. The number of anilines is 1. The number of carbonyl (C=O) groups excluding carboxylic acids is 1. The Kier molecular flexibility index (Phi) is 4.01. The van der Waals surface area contributed by atoms with Gasteiger partial charge in [0.25, 0.3) is 5.91 Å². The SMILES string of the molecule is CC(C)C1(O)CN(CC(=O)NNc2ccccn2)C1. The number of aliphatic hydroxyl groups is 1. The number of rotatable bonds is 5. The molecule has 1 aliphatic heterocycles. The Morgan fingerprint density at radius 3 is 2.84 bits per heavy atom. The summed E-state index contributed by atoms with van der Waals surface area (Å²) in [6.45, 7) is 5.33. The monoisotopic (exact) mass is 264 g/mol. The van der Waals surface area contributed by atoms with Crippen LogP contribution in [0, 0.1) is 5.92 Å². The predicted octanol–water partition coefficient (Wildman–Crippen LogP) is 0.227. The van der Waals surface area contributed by atoms with Crippen LogP contribution in [0.4, 0.5) is 5.82 Å². The molecular weight excluding hydrogens is 244 g/mol. The molecule has 104 valence electrons. The lowest BCUT2D eigenvalue weighted by Crippen LogP contribution is -2.65. The number of amides is 1. The maximum atomic E-state index is 11.7. The minimum atomic E-state index is -0.644. The molecule has 2 rings (SSSR count). The van der Waals surface area contributed by atoms with E-state index in [0.29, 0.717) is 18.9 Å². The van der Waals surface area contributed by atoms with Gasteiger partial charge in [-0.2, -0.15) is 0 Å². The van der Waals surface area contributed by atoms with Crippen molar-refractivity contribution in [3.8, 4) is 0 Å². The zero-order chi connectivity index (χ0) is 13.9. The van der Waals surface area contributed by atoms with Crippen LogP contribution in [-0.4, -0.2) is 46.1 Å². The number of nitrogens with zero attached hydrogens (tertiary/aromatic N) is 2. The number of carbonyl (C=O) groups is 1.